The topological polar surface area (TPSA) is 147 Å². The van der Waals surface area contributed by atoms with Crippen molar-refractivity contribution in [1.29, 1.82) is 0 Å². The standard InChI is InChI=1S/C22H24N8O2/c1-4-13(20-25-8-5-9-26-20)27-19-17(22(31)30-16(11-24-2)18(19)23)21-28-14-7-6-12(32-3)10-15(14)29-21/h5-11,13H,4,23H2,1-3H3,(H,28,29)(H2,27,30,31). The van der Waals surface area contributed by atoms with Crippen molar-refractivity contribution in [3.05, 3.63) is 58.5 Å². The molecule has 4 rings (SSSR count). The Morgan fingerprint density at radius 1 is 1.28 bits per heavy atom. The summed E-state index contributed by atoms with van der Waals surface area (Å²) in [6, 6.07) is 6.94. The second-order valence-corrected chi connectivity index (χ2v) is 7.10. The highest BCUT2D eigenvalue weighted by Crippen LogP contribution is 2.34. The van der Waals surface area contributed by atoms with Crippen molar-refractivity contribution in [2.75, 3.05) is 25.2 Å². The molecule has 0 aliphatic carbocycles. The van der Waals surface area contributed by atoms with E-state index in [1.807, 2.05) is 25.1 Å². The lowest BCUT2D eigenvalue weighted by Crippen LogP contribution is -2.21. The molecule has 4 aromatic rings. The molecule has 5 N–H and O–H groups in total. The van der Waals surface area contributed by atoms with Gasteiger partial charge in [-0.2, -0.15) is 0 Å². The molecule has 0 spiro atoms. The minimum atomic E-state index is -0.355. The number of aromatic amines is 2. The Bertz CT molecular complexity index is 1330. The molecular weight excluding hydrogens is 408 g/mol. The van der Waals surface area contributed by atoms with Gasteiger partial charge in [0, 0.05) is 31.7 Å². The van der Waals surface area contributed by atoms with E-state index in [-0.39, 0.29) is 11.6 Å². The van der Waals surface area contributed by atoms with Crippen LogP contribution in [-0.2, 0) is 0 Å². The molecule has 164 valence electrons. The van der Waals surface area contributed by atoms with Crippen LogP contribution in [0.5, 0.6) is 5.75 Å². The zero-order chi connectivity index (χ0) is 22.7. The number of nitrogens with zero attached hydrogens (tertiary/aromatic N) is 4. The minimum absolute atomic E-state index is 0.269. The SMILES string of the molecule is CCC(Nc1c(N)c(C=NC)[nH]c(=O)c1-c1nc2ccc(OC)cc2[nH]1)c1ncccn1. The summed E-state index contributed by atoms with van der Waals surface area (Å²) in [5.41, 5.74) is 9.03. The van der Waals surface area contributed by atoms with E-state index in [2.05, 4.69) is 35.2 Å². The lowest BCUT2D eigenvalue weighted by molar-refractivity contribution is 0.415. The maximum Gasteiger partial charge on any atom is 0.261 e. The smallest absolute Gasteiger partial charge is 0.261 e. The number of nitrogens with two attached hydrogens (primary N) is 1. The molecule has 1 unspecified atom stereocenters. The summed E-state index contributed by atoms with van der Waals surface area (Å²) in [6.07, 6.45) is 5.53. The molecule has 0 bridgehead atoms. The monoisotopic (exact) mass is 432 g/mol. The van der Waals surface area contributed by atoms with E-state index in [1.54, 1.807) is 32.6 Å². The Labute approximate surface area is 184 Å². The molecule has 0 amide bonds. The van der Waals surface area contributed by atoms with Crippen LogP contribution in [0, 0.1) is 0 Å². The molecule has 32 heavy (non-hydrogen) atoms. The number of pyridine rings is 1. The Morgan fingerprint density at radius 2 is 2.06 bits per heavy atom. The normalized spacial score (nSPS) is 12.3. The number of nitrogens with one attached hydrogen (secondary N) is 3. The summed E-state index contributed by atoms with van der Waals surface area (Å²) in [6.45, 7) is 2.00. The van der Waals surface area contributed by atoms with Crippen molar-refractivity contribution in [1.82, 2.24) is 24.9 Å². The number of nitrogen functional groups attached to an aromatic ring is 1. The van der Waals surface area contributed by atoms with Gasteiger partial charge in [-0.15, -0.1) is 0 Å². The first-order valence-corrected chi connectivity index (χ1v) is 10.1. The number of fused-ring (bicyclic) bond motifs is 1. The lowest BCUT2D eigenvalue weighted by Gasteiger charge is -2.20. The molecule has 3 heterocycles. The Balaban J connectivity index is 1.90. The third kappa shape index (κ3) is 3.89. The van der Waals surface area contributed by atoms with Crippen LogP contribution < -0.4 is 21.3 Å². The van der Waals surface area contributed by atoms with Gasteiger partial charge in [0.15, 0.2) is 0 Å². The second kappa shape index (κ2) is 8.88. The van der Waals surface area contributed by atoms with Gasteiger partial charge in [-0.25, -0.2) is 15.0 Å². The average Bonchev–Trinajstić information content (AvgIpc) is 3.23. The Kier molecular flexibility index (Phi) is 5.84. The first-order chi connectivity index (χ1) is 15.5. The van der Waals surface area contributed by atoms with Crippen LogP contribution >= 0.6 is 0 Å². The average molecular weight is 432 g/mol. The van der Waals surface area contributed by atoms with E-state index in [0.717, 1.165) is 5.52 Å². The van der Waals surface area contributed by atoms with Gasteiger partial charge in [0.2, 0.25) is 0 Å². The van der Waals surface area contributed by atoms with Crippen molar-refractivity contribution in [3.8, 4) is 17.1 Å². The van der Waals surface area contributed by atoms with Gasteiger partial charge in [0.05, 0.1) is 41.3 Å². The Morgan fingerprint density at radius 3 is 2.75 bits per heavy atom. The molecular formula is C22H24N8O2. The minimum Gasteiger partial charge on any atom is -0.497 e. The van der Waals surface area contributed by atoms with Gasteiger partial charge in [-0.05, 0) is 24.6 Å². The van der Waals surface area contributed by atoms with Crippen molar-refractivity contribution >= 4 is 28.6 Å². The van der Waals surface area contributed by atoms with Crippen LogP contribution in [0.1, 0.15) is 30.9 Å². The molecule has 0 aliphatic heterocycles. The lowest BCUT2D eigenvalue weighted by atomic mass is 10.1. The number of H-pyrrole nitrogens is 2. The zero-order valence-corrected chi connectivity index (χ0v) is 18.0. The number of hydrogen-bond donors (Lipinski definition) is 4. The van der Waals surface area contributed by atoms with Crippen molar-refractivity contribution in [3.63, 3.8) is 0 Å². The van der Waals surface area contributed by atoms with Crippen LogP contribution in [0.15, 0.2) is 46.4 Å². The predicted molar refractivity (Wildman–Crippen MR) is 125 cm³/mol. The summed E-state index contributed by atoms with van der Waals surface area (Å²) in [5, 5.41) is 3.37. The van der Waals surface area contributed by atoms with Gasteiger partial charge in [-0.1, -0.05) is 6.92 Å². The van der Waals surface area contributed by atoms with Crippen molar-refractivity contribution in [2.24, 2.45) is 4.99 Å². The summed E-state index contributed by atoms with van der Waals surface area (Å²) < 4.78 is 5.29. The van der Waals surface area contributed by atoms with Gasteiger partial charge < -0.3 is 25.8 Å². The quantitative estimate of drug-likeness (QED) is 0.328. The highest BCUT2D eigenvalue weighted by molar-refractivity contribution is 5.95. The van der Waals surface area contributed by atoms with Crippen LogP contribution in [-0.4, -0.2) is 45.3 Å². The molecule has 0 radical (unpaired) electrons. The number of aliphatic imine (C=N–C) groups is 1. The fraction of sp³-hybridized carbons (Fsp3) is 0.227. The van der Waals surface area contributed by atoms with Crippen LogP contribution in [0.25, 0.3) is 22.4 Å². The first-order valence-electron chi connectivity index (χ1n) is 10.1. The van der Waals surface area contributed by atoms with E-state index < -0.39 is 0 Å². The molecule has 1 aromatic carbocycles. The maximum absolute atomic E-state index is 13.2. The molecule has 0 saturated carbocycles. The fourth-order valence-electron chi connectivity index (χ4n) is 3.49. The summed E-state index contributed by atoms with van der Waals surface area (Å²) in [4.78, 5) is 36.5. The van der Waals surface area contributed by atoms with Gasteiger partial charge >= 0.3 is 0 Å². The number of rotatable bonds is 7. The molecule has 10 nitrogen and oxygen atoms in total. The molecule has 0 fully saturated rings. The van der Waals surface area contributed by atoms with Gasteiger partial charge in [-0.3, -0.25) is 9.79 Å². The number of methoxy groups -OCH3 is 1. The third-order valence-electron chi connectivity index (χ3n) is 5.09. The van der Waals surface area contributed by atoms with E-state index >= 15 is 0 Å². The van der Waals surface area contributed by atoms with Gasteiger partial charge in [0.25, 0.3) is 5.56 Å². The molecule has 0 saturated heterocycles. The number of imidazole rings is 1. The van der Waals surface area contributed by atoms with Crippen LogP contribution in [0.2, 0.25) is 0 Å². The molecule has 3 aromatic heterocycles. The van der Waals surface area contributed by atoms with E-state index in [4.69, 9.17) is 10.5 Å². The molecule has 10 heteroatoms. The van der Waals surface area contributed by atoms with Gasteiger partial charge in [0.1, 0.15) is 23.0 Å². The number of ether oxygens (including phenoxy) is 1. The maximum atomic E-state index is 13.2. The van der Waals surface area contributed by atoms with E-state index in [1.165, 1.54) is 6.21 Å². The van der Waals surface area contributed by atoms with E-state index in [9.17, 15) is 4.79 Å². The van der Waals surface area contributed by atoms with Crippen molar-refractivity contribution in [2.45, 2.75) is 19.4 Å². The van der Waals surface area contributed by atoms with E-state index in [0.29, 0.717) is 52.0 Å². The largest absolute Gasteiger partial charge is 0.497 e. The Hall–Kier alpha value is -4.21. The van der Waals surface area contributed by atoms with Crippen LogP contribution in [0.4, 0.5) is 11.4 Å². The van der Waals surface area contributed by atoms with Crippen LogP contribution in [0.3, 0.4) is 0 Å². The molecule has 0 aliphatic rings. The number of aromatic nitrogens is 5. The highest BCUT2D eigenvalue weighted by Gasteiger charge is 2.23. The predicted octanol–water partition coefficient (Wildman–Crippen LogP) is 2.91. The fourth-order valence-corrected chi connectivity index (χ4v) is 3.49. The summed E-state index contributed by atoms with van der Waals surface area (Å²) in [5.74, 6) is 1.66. The molecule has 1 atom stereocenters. The zero-order valence-electron chi connectivity index (χ0n) is 18.0. The summed E-state index contributed by atoms with van der Waals surface area (Å²) in [7, 11) is 3.20. The first kappa shape index (κ1) is 21.0. The van der Waals surface area contributed by atoms with Crippen molar-refractivity contribution < 1.29 is 4.74 Å². The number of benzene rings is 1. The third-order valence-corrected chi connectivity index (χ3v) is 5.09. The summed E-state index contributed by atoms with van der Waals surface area (Å²) >= 11 is 0. The highest BCUT2D eigenvalue weighted by atomic mass is 16.5. The number of anilines is 2. The number of hydrogen-bond acceptors (Lipinski definition) is 8. The second-order valence-electron chi connectivity index (χ2n) is 7.10.